The standard InChI is InChI=1S/C17H13N7S2/c1-9-6-24(8-20-9)17-21-14(7-25-17)12-5-19-13-3-2-10(4-11(12)13)15-22-23-16(18)26-15/h2-8,19H,1H3,(H2,18,23). The molecular weight excluding hydrogens is 366 g/mol. The first-order valence-corrected chi connectivity index (χ1v) is 9.54. The zero-order valence-corrected chi connectivity index (χ0v) is 15.3. The minimum absolute atomic E-state index is 0.467. The number of nitrogens with two attached hydrogens (primary N) is 1. The summed E-state index contributed by atoms with van der Waals surface area (Å²) in [4.78, 5) is 12.3. The number of rotatable bonds is 3. The van der Waals surface area contributed by atoms with Gasteiger partial charge in [0.15, 0.2) is 5.13 Å². The van der Waals surface area contributed by atoms with Crippen molar-refractivity contribution in [2.24, 2.45) is 0 Å². The van der Waals surface area contributed by atoms with Gasteiger partial charge >= 0.3 is 0 Å². The van der Waals surface area contributed by atoms with Gasteiger partial charge in [0, 0.05) is 39.8 Å². The van der Waals surface area contributed by atoms with Gasteiger partial charge in [0.25, 0.3) is 0 Å². The Morgan fingerprint density at radius 2 is 2.15 bits per heavy atom. The molecule has 1 aromatic carbocycles. The van der Waals surface area contributed by atoms with Crippen LogP contribution in [0.3, 0.4) is 0 Å². The highest BCUT2D eigenvalue weighted by Gasteiger charge is 2.13. The number of aromatic amines is 1. The minimum atomic E-state index is 0.467. The van der Waals surface area contributed by atoms with Crippen molar-refractivity contribution in [1.82, 2.24) is 29.7 Å². The fourth-order valence-corrected chi connectivity index (χ4v) is 4.22. The van der Waals surface area contributed by atoms with Gasteiger partial charge in [-0.25, -0.2) is 9.97 Å². The molecular formula is C17H13N7S2. The van der Waals surface area contributed by atoms with E-state index in [1.807, 2.05) is 36.0 Å². The van der Waals surface area contributed by atoms with Gasteiger partial charge in [-0.1, -0.05) is 11.3 Å². The third-order valence-corrected chi connectivity index (χ3v) is 5.73. The second kappa shape index (κ2) is 5.75. The Labute approximate surface area is 156 Å². The Balaban J connectivity index is 1.60. The SMILES string of the molecule is Cc1cn(-c2nc(-c3c[nH]c4ccc(-c5nnc(N)s5)cc34)cs2)cn1. The van der Waals surface area contributed by atoms with E-state index >= 15 is 0 Å². The Kier molecular flexibility index (Phi) is 3.37. The quantitative estimate of drug-likeness (QED) is 0.495. The van der Waals surface area contributed by atoms with Crippen molar-refractivity contribution >= 4 is 38.7 Å². The molecule has 4 heterocycles. The number of nitrogen functional groups attached to an aromatic ring is 1. The van der Waals surface area contributed by atoms with Crippen molar-refractivity contribution < 1.29 is 0 Å². The van der Waals surface area contributed by atoms with Crippen LogP contribution in [0.5, 0.6) is 0 Å². The van der Waals surface area contributed by atoms with Crippen LogP contribution in [0.15, 0.2) is 42.3 Å². The summed E-state index contributed by atoms with van der Waals surface area (Å²) in [7, 11) is 0. The van der Waals surface area contributed by atoms with Crippen LogP contribution in [0.25, 0.3) is 37.9 Å². The number of imidazole rings is 1. The van der Waals surface area contributed by atoms with Crippen LogP contribution in [0.2, 0.25) is 0 Å². The summed E-state index contributed by atoms with van der Waals surface area (Å²) in [5.74, 6) is 0. The lowest BCUT2D eigenvalue weighted by Crippen LogP contribution is -1.88. The molecule has 9 heteroatoms. The number of nitrogens with zero attached hydrogens (tertiary/aromatic N) is 5. The van der Waals surface area contributed by atoms with Crippen molar-refractivity contribution in [3.63, 3.8) is 0 Å². The Morgan fingerprint density at radius 1 is 1.23 bits per heavy atom. The molecule has 0 saturated heterocycles. The molecule has 4 aromatic heterocycles. The molecule has 26 heavy (non-hydrogen) atoms. The number of anilines is 1. The minimum Gasteiger partial charge on any atom is -0.374 e. The number of benzene rings is 1. The lowest BCUT2D eigenvalue weighted by Gasteiger charge is -1.99. The van der Waals surface area contributed by atoms with Crippen molar-refractivity contribution in [2.45, 2.75) is 6.92 Å². The van der Waals surface area contributed by atoms with Crippen LogP contribution in [-0.4, -0.2) is 29.7 Å². The third kappa shape index (κ3) is 2.49. The largest absolute Gasteiger partial charge is 0.374 e. The van der Waals surface area contributed by atoms with Gasteiger partial charge in [0.1, 0.15) is 11.3 Å². The first-order chi connectivity index (χ1) is 12.7. The van der Waals surface area contributed by atoms with Crippen LogP contribution in [0, 0.1) is 6.92 Å². The molecule has 128 valence electrons. The Hall–Kier alpha value is -3.04. The molecule has 0 unspecified atom stereocenters. The predicted octanol–water partition coefficient (Wildman–Crippen LogP) is 3.89. The first kappa shape index (κ1) is 15.2. The maximum atomic E-state index is 5.71. The van der Waals surface area contributed by atoms with Crippen LogP contribution < -0.4 is 5.73 Å². The van der Waals surface area contributed by atoms with Gasteiger partial charge in [-0.3, -0.25) is 4.57 Å². The van der Waals surface area contributed by atoms with Crippen molar-refractivity contribution in [2.75, 3.05) is 5.73 Å². The molecule has 0 fully saturated rings. The second-order valence-corrected chi connectivity index (χ2v) is 7.69. The molecule has 0 aliphatic carbocycles. The fourth-order valence-electron chi connectivity index (χ4n) is 2.85. The lowest BCUT2D eigenvalue weighted by atomic mass is 10.1. The van der Waals surface area contributed by atoms with E-state index < -0.39 is 0 Å². The van der Waals surface area contributed by atoms with Crippen LogP contribution >= 0.6 is 22.7 Å². The molecule has 0 aliphatic rings. The van der Waals surface area contributed by atoms with E-state index in [1.165, 1.54) is 11.3 Å². The maximum absolute atomic E-state index is 5.71. The first-order valence-electron chi connectivity index (χ1n) is 7.85. The van der Waals surface area contributed by atoms with E-state index in [-0.39, 0.29) is 0 Å². The average molecular weight is 379 g/mol. The Morgan fingerprint density at radius 3 is 2.92 bits per heavy atom. The van der Waals surface area contributed by atoms with E-state index in [1.54, 1.807) is 17.7 Å². The number of fused-ring (bicyclic) bond motifs is 1. The van der Waals surface area contributed by atoms with E-state index in [4.69, 9.17) is 10.7 Å². The summed E-state index contributed by atoms with van der Waals surface area (Å²) >= 11 is 2.97. The summed E-state index contributed by atoms with van der Waals surface area (Å²) in [6, 6.07) is 6.16. The van der Waals surface area contributed by atoms with Crippen LogP contribution in [0.1, 0.15) is 5.69 Å². The number of thiazole rings is 1. The molecule has 7 nitrogen and oxygen atoms in total. The molecule has 0 amide bonds. The van der Waals surface area contributed by atoms with E-state index in [2.05, 4.69) is 31.6 Å². The van der Waals surface area contributed by atoms with Gasteiger partial charge in [0.2, 0.25) is 5.13 Å². The zero-order valence-electron chi connectivity index (χ0n) is 13.7. The molecule has 3 N–H and O–H groups in total. The summed E-state index contributed by atoms with van der Waals surface area (Å²) in [5.41, 5.74) is 10.7. The highest BCUT2D eigenvalue weighted by molar-refractivity contribution is 7.18. The van der Waals surface area contributed by atoms with Crippen LogP contribution in [0.4, 0.5) is 5.13 Å². The molecule has 0 saturated carbocycles. The van der Waals surface area contributed by atoms with E-state index in [0.717, 1.165) is 43.6 Å². The molecule has 5 aromatic rings. The normalized spacial score (nSPS) is 11.4. The predicted molar refractivity (Wildman–Crippen MR) is 105 cm³/mol. The average Bonchev–Trinajstić information content (AvgIpc) is 3.39. The van der Waals surface area contributed by atoms with Gasteiger partial charge in [-0.2, -0.15) is 0 Å². The zero-order chi connectivity index (χ0) is 17.7. The monoisotopic (exact) mass is 379 g/mol. The summed E-state index contributed by atoms with van der Waals surface area (Å²) < 4.78 is 1.94. The molecule has 5 rings (SSSR count). The number of aryl methyl sites for hydroxylation is 1. The topological polar surface area (TPSA) is 98.3 Å². The fraction of sp³-hybridized carbons (Fsp3) is 0.0588. The highest BCUT2D eigenvalue weighted by atomic mass is 32.1. The van der Waals surface area contributed by atoms with Gasteiger partial charge in [-0.15, -0.1) is 21.5 Å². The van der Waals surface area contributed by atoms with Gasteiger partial charge in [-0.05, 0) is 25.1 Å². The van der Waals surface area contributed by atoms with Crippen LogP contribution in [-0.2, 0) is 0 Å². The van der Waals surface area contributed by atoms with Crippen molar-refractivity contribution in [3.05, 3.63) is 48.0 Å². The van der Waals surface area contributed by atoms with E-state index in [9.17, 15) is 0 Å². The lowest BCUT2D eigenvalue weighted by molar-refractivity contribution is 1.03. The molecule has 0 spiro atoms. The number of aromatic nitrogens is 6. The Bertz CT molecular complexity index is 1230. The highest BCUT2D eigenvalue weighted by Crippen LogP contribution is 2.34. The molecule has 0 radical (unpaired) electrons. The molecule has 0 bridgehead atoms. The van der Waals surface area contributed by atoms with Gasteiger partial charge < -0.3 is 10.7 Å². The number of H-pyrrole nitrogens is 1. The smallest absolute Gasteiger partial charge is 0.203 e. The van der Waals surface area contributed by atoms with Crippen molar-refractivity contribution in [3.8, 4) is 27.0 Å². The summed E-state index contributed by atoms with van der Waals surface area (Å²) in [6.45, 7) is 1.96. The van der Waals surface area contributed by atoms with Crippen molar-refractivity contribution in [1.29, 1.82) is 0 Å². The maximum Gasteiger partial charge on any atom is 0.203 e. The summed E-state index contributed by atoms with van der Waals surface area (Å²) in [5, 5.41) is 13.4. The molecule has 0 aliphatic heterocycles. The molecule has 0 atom stereocenters. The number of hydrogen-bond donors (Lipinski definition) is 2. The third-order valence-electron chi connectivity index (χ3n) is 4.07. The summed E-state index contributed by atoms with van der Waals surface area (Å²) in [6.07, 6.45) is 5.74. The number of hydrogen-bond acceptors (Lipinski definition) is 7. The van der Waals surface area contributed by atoms with E-state index in [0.29, 0.717) is 5.13 Å². The second-order valence-electron chi connectivity index (χ2n) is 5.85. The number of nitrogens with one attached hydrogen (secondary N) is 1. The van der Waals surface area contributed by atoms with Gasteiger partial charge in [0.05, 0.1) is 11.4 Å².